The molecule has 2 rings (SSSR count). The van der Waals surface area contributed by atoms with E-state index in [0.717, 1.165) is 0 Å². The van der Waals surface area contributed by atoms with Crippen LogP contribution in [-0.4, -0.2) is 41.7 Å². The Hall–Kier alpha value is -1.69. The predicted octanol–water partition coefficient (Wildman–Crippen LogP) is 1.81. The molecule has 0 spiro atoms. The van der Waals surface area contributed by atoms with Crippen molar-refractivity contribution in [2.24, 2.45) is 0 Å². The maximum absolute atomic E-state index is 12.3. The number of hydrogen-bond donors (Lipinski definition) is 1. The van der Waals surface area contributed by atoms with Gasteiger partial charge in [0, 0.05) is 18.7 Å². The lowest BCUT2D eigenvalue weighted by molar-refractivity contribution is -0.132. The fraction of sp³-hybridized carbons (Fsp3) is 0.500. The standard InChI is InChI=1S/C14H17F2NO3/c15-14(16)20-12-4-2-1-3-10(12)9-13(19)17-7-5-11(18)6-8-17/h1-4,11,14,18H,5-9H2. The number of benzene rings is 1. The number of hydrogen-bond acceptors (Lipinski definition) is 3. The summed E-state index contributed by atoms with van der Waals surface area (Å²) in [6.45, 7) is -1.91. The number of rotatable bonds is 4. The van der Waals surface area contributed by atoms with Crippen LogP contribution in [0, 0.1) is 0 Å². The van der Waals surface area contributed by atoms with Gasteiger partial charge in [-0.05, 0) is 18.9 Å². The quantitative estimate of drug-likeness (QED) is 0.918. The highest BCUT2D eigenvalue weighted by Gasteiger charge is 2.22. The van der Waals surface area contributed by atoms with E-state index in [1.165, 1.54) is 6.07 Å². The first-order valence-electron chi connectivity index (χ1n) is 6.55. The van der Waals surface area contributed by atoms with E-state index in [2.05, 4.69) is 4.74 Å². The SMILES string of the molecule is O=C(Cc1ccccc1OC(F)F)N1CCC(O)CC1. The summed E-state index contributed by atoms with van der Waals surface area (Å²) in [6, 6.07) is 6.30. The van der Waals surface area contributed by atoms with Crippen molar-refractivity contribution in [2.45, 2.75) is 32.0 Å². The Morgan fingerprint density at radius 1 is 1.35 bits per heavy atom. The molecule has 1 fully saturated rings. The van der Waals surface area contributed by atoms with Crippen molar-refractivity contribution >= 4 is 5.91 Å². The summed E-state index contributed by atoms with van der Waals surface area (Å²) in [6.07, 6.45) is 0.786. The van der Waals surface area contributed by atoms with Gasteiger partial charge in [-0.15, -0.1) is 0 Å². The minimum atomic E-state index is -2.91. The van der Waals surface area contributed by atoms with Crippen molar-refractivity contribution in [3.8, 4) is 5.75 Å². The smallest absolute Gasteiger partial charge is 0.387 e. The molecule has 0 aromatic heterocycles. The molecule has 1 aromatic carbocycles. The van der Waals surface area contributed by atoms with E-state index in [0.29, 0.717) is 31.5 Å². The van der Waals surface area contributed by atoms with Crippen LogP contribution in [0.15, 0.2) is 24.3 Å². The summed E-state index contributed by atoms with van der Waals surface area (Å²) in [5, 5.41) is 9.40. The van der Waals surface area contributed by atoms with Crippen molar-refractivity contribution in [2.75, 3.05) is 13.1 Å². The van der Waals surface area contributed by atoms with E-state index in [4.69, 9.17) is 0 Å². The molecule has 1 amide bonds. The van der Waals surface area contributed by atoms with Crippen LogP contribution < -0.4 is 4.74 Å². The van der Waals surface area contributed by atoms with E-state index in [9.17, 15) is 18.7 Å². The number of piperidine rings is 1. The molecule has 20 heavy (non-hydrogen) atoms. The molecule has 0 radical (unpaired) electrons. The monoisotopic (exact) mass is 285 g/mol. The van der Waals surface area contributed by atoms with Crippen LogP contribution in [-0.2, 0) is 11.2 Å². The van der Waals surface area contributed by atoms with Crippen LogP contribution in [0.25, 0.3) is 0 Å². The fourth-order valence-electron chi connectivity index (χ4n) is 2.25. The van der Waals surface area contributed by atoms with Crippen molar-refractivity contribution in [3.05, 3.63) is 29.8 Å². The van der Waals surface area contributed by atoms with Gasteiger partial charge in [-0.1, -0.05) is 18.2 Å². The van der Waals surface area contributed by atoms with Crippen molar-refractivity contribution in [1.82, 2.24) is 4.90 Å². The van der Waals surface area contributed by atoms with Gasteiger partial charge in [0.05, 0.1) is 12.5 Å². The highest BCUT2D eigenvalue weighted by atomic mass is 19.3. The number of amides is 1. The second-order valence-corrected chi connectivity index (χ2v) is 4.77. The molecular formula is C14H17F2NO3. The van der Waals surface area contributed by atoms with Crippen molar-refractivity contribution in [1.29, 1.82) is 0 Å². The Kier molecular flexibility index (Phi) is 4.89. The topological polar surface area (TPSA) is 49.8 Å². The second-order valence-electron chi connectivity index (χ2n) is 4.77. The van der Waals surface area contributed by atoms with Gasteiger partial charge in [0.25, 0.3) is 0 Å². The number of carbonyl (C=O) groups excluding carboxylic acids is 1. The highest BCUT2D eigenvalue weighted by molar-refractivity contribution is 5.79. The van der Waals surface area contributed by atoms with E-state index in [-0.39, 0.29) is 24.2 Å². The van der Waals surface area contributed by atoms with Gasteiger partial charge < -0.3 is 14.7 Å². The first-order valence-corrected chi connectivity index (χ1v) is 6.55. The number of ether oxygens (including phenoxy) is 1. The van der Waals surface area contributed by atoms with Gasteiger partial charge in [-0.2, -0.15) is 8.78 Å². The number of aliphatic hydroxyl groups is 1. The lowest BCUT2D eigenvalue weighted by atomic mass is 10.1. The first-order chi connectivity index (χ1) is 9.56. The second kappa shape index (κ2) is 6.65. The molecule has 0 unspecified atom stereocenters. The zero-order chi connectivity index (χ0) is 14.5. The molecule has 0 bridgehead atoms. The van der Waals surface area contributed by atoms with Crippen molar-refractivity contribution < 1.29 is 23.4 Å². The van der Waals surface area contributed by atoms with Gasteiger partial charge in [-0.3, -0.25) is 4.79 Å². The lowest BCUT2D eigenvalue weighted by Crippen LogP contribution is -2.40. The minimum absolute atomic E-state index is 0.0268. The van der Waals surface area contributed by atoms with Crippen LogP contribution in [0.4, 0.5) is 8.78 Å². The molecule has 4 nitrogen and oxygen atoms in total. The number of likely N-dealkylation sites (tertiary alicyclic amines) is 1. The maximum atomic E-state index is 12.3. The predicted molar refractivity (Wildman–Crippen MR) is 68.6 cm³/mol. The molecule has 110 valence electrons. The number of aliphatic hydroxyl groups excluding tert-OH is 1. The van der Waals surface area contributed by atoms with E-state index in [1.807, 2.05) is 0 Å². The minimum Gasteiger partial charge on any atom is -0.435 e. The van der Waals surface area contributed by atoms with Gasteiger partial charge in [-0.25, -0.2) is 0 Å². The average molecular weight is 285 g/mol. The van der Waals surface area contributed by atoms with Crippen LogP contribution in [0.5, 0.6) is 5.75 Å². The molecule has 1 aliphatic heterocycles. The molecule has 0 saturated carbocycles. The third kappa shape index (κ3) is 3.90. The normalized spacial score (nSPS) is 16.5. The molecule has 0 atom stereocenters. The Bertz CT molecular complexity index is 459. The third-order valence-corrected chi connectivity index (χ3v) is 3.35. The molecule has 0 aliphatic carbocycles. The Labute approximate surface area is 116 Å². The van der Waals surface area contributed by atoms with E-state index in [1.54, 1.807) is 23.1 Å². The average Bonchev–Trinajstić information content (AvgIpc) is 2.41. The largest absolute Gasteiger partial charge is 0.435 e. The van der Waals surface area contributed by atoms with Crippen LogP contribution in [0.2, 0.25) is 0 Å². The number of nitrogens with zero attached hydrogens (tertiary/aromatic N) is 1. The molecule has 6 heteroatoms. The summed E-state index contributed by atoms with van der Waals surface area (Å²) in [5.41, 5.74) is 0.448. The summed E-state index contributed by atoms with van der Waals surface area (Å²) < 4.78 is 29.0. The van der Waals surface area contributed by atoms with Crippen LogP contribution in [0.3, 0.4) is 0 Å². The lowest BCUT2D eigenvalue weighted by Gasteiger charge is -2.29. The number of alkyl halides is 2. The number of halogens is 2. The number of para-hydroxylation sites is 1. The summed E-state index contributed by atoms with van der Waals surface area (Å²) >= 11 is 0. The summed E-state index contributed by atoms with van der Waals surface area (Å²) in [5.74, 6) is -0.102. The Balaban J connectivity index is 2.00. The molecule has 1 heterocycles. The fourth-order valence-corrected chi connectivity index (χ4v) is 2.25. The molecule has 1 saturated heterocycles. The molecule has 1 aromatic rings. The van der Waals surface area contributed by atoms with Gasteiger partial charge in [0.15, 0.2) is 0 Å². The summed E-state index contributed by atoms with van der Waals surface area (Å²) in [7, 11) is 0. The third-order valence-electron chi connectivity index (χ3n) is 3.35. The van der Waals surface area contributed by atoms with E-state index < -0.39 is 6.61 Å². The highest BCUT2D eigenvalue weighted by Crippen LogP contribution is 2.22. The Morgan fingerprint density at radius 3 is 2.65 bits per heavy atom. The first kappa shape index (κ1) is 14.7. The van der Waals surface area contributed by atoms with E-state index >= 15 is 0 Å². The summed E-state index contributed by atoms with van der Waals surface area (Å²) in [4.78, 5) is 13.8. The number of carbonyl (C=O) groups is 1. The molecule has 1 aliphatic rings. The Morgan fingerprint density at radius 2 is 2.00 bits per heavy atom. The van der Waals surface area contributed by atoms with Crippen LogP contribution >= 0.6 is 0 Å². The zero-order valence-electron chi connectivity index (χ0n) is 11.0. The van der Waals surface area contributed by atoms with Gasteiger partial charge >= 0.3 is 6.61 Å². The maximum Gasteiger partial charge on any atom is 0.387 e. The van der Waals surface area contributed by atoms with Crippen molar-refractivity contribution in [3.63, 3.8) is 0 Å². The molecular weight excluding hydrogens is 268 g/mol. The van der Waals surface area contributed by atoms with Gasteiger partial charge in [0.2, 0.25) is 5.91 Å². The zero-order valence-corrected chi connectivity index (χ0v) is 11.0. The molecule has 1 N–H and O–H groups in total. The van der Waals surface area contributed by atoms with Crippen LogP contribution in [0.1, 0.15) is 18.4 Å². The van der Waals surface area contributed by atoms with Gasteiger partial charge in [0.1, 0.15) is 5.75 Å².